The molecule has 0 fully saturated rings. The van der Waals surface area contributed by atoms with Crippen molar-refractivity contribution in [3.8, 4) is 0 Å². The molecule has 0 spiro atoms. The molecule has 1 unspecified atom stereocenters. The number of rotatable bonds is 4. The highest BCUT2D eigenvalue weighted by Gasteiger charge is 2.25. The number of aromatic nitrogens is 2. The first-order chi connectivity index (χ1) is 10.0. The smallest absolute Gasteiger partial charge is 0.410 e. The number of halogens is 1. The highest BCUT2D eigenvalue weighted by molar-refractivity contribution is 9.10. The maximum atomic E-state index is 12.0. The van der Waals surface area contributed by atoms with Crippen molar-refractivity contribution in [2.75, 3.05) is 20.4 Å². The second-order valence-electron chi connectivity index (χ2n) is 4.31. The van der Waals surface area contributed by atoms with Gasteiger partial charge in [0.15, 0.2) is 6.10 Å². The maximum absolute atomic E-state index is 12.0. The zero-order valence-electron chi connectivity index (χ0n) is 11.7. The van der Waals surface area contributed by atoms with Gasteiger partial charge in [-0.15, -0.1) is 23.1 Å². The molecule has 2 aromatic rings. The predicted octanol–water partition coefficient (Wildman–Crippen LogP) is 3.81. The zero-order chi connectivity index (χ0) is 15.4. The van der Waals surface area contributed by atoms with E-state index in [0.717, 1.165) is 19.9 Å². The van der Waals surface area contributed by atoms with Crippen molar-refractivity contribution >= 4 is 45.1 Å². The van der Waals surface area contributed by atoms with Gasteiger partial charge in [-0.25, -0.2) is 14.8 Å². The summed E-state index contributed by atoms with van der Waals surface area (Å²) in [6.45, 7) is 0. The number of thioether (sulfide) groups is 1. The van der Waals surface area contributed by atoms with Crippen molar-refractivity contribution in [1.29, 1.82) is 0 Å². The molecule has 21 heavy (non-hydrogen) atoms. The lowest BCUT2D eigenvalue weighted by Gasteiger charge is -2.20. The molecule has 0 aliphatic rings. The van der Waals surface area contributed by atoms with Gasteiger partial charge in [0.2, 0.25) is 0 Å². The van der Waals surface area contributed by atoms with Crippen molar-refractivity contribution in [3.63, 3.8) is 0 Å². The number of ether oxygens (including phenoxy) is 1. The molecule has 1 amide bonds. The number of carbonyl (C=O) groups excluding carboxylic acids is 1. The number of carbonyl (C=O) groups is 1. The average Bonchev–Trinajstić information content (AvgIpc) is 2.90. The second-order valence-corrected chi connectivity index (χ2v) is 6.97. The predicted molar refractivity (Wildman–Crippen MR) is 87.8 cm³/mol. The third-order valence-electron chi connectivity index (χ3n) is 2.61. The Morgan fingerprint density at radius 3 is 2.86 bits per heavy atom. The maximum Gasteiger partial charge on any atom is 0.410 e. The molecule has 112 valence electrons. The Morgan fingerprint density at radius 1 is 1.52 bits per heavy atom. The van der Waals surface area contributed by atoms with Crippen LogP contribution in [0, 0.1) is 0 Å². The average molecular weight is 388 g/mol. The van der Waals surface area contributed by atoms with E-state index >= 15 is 0 Å². The number of hydrogen-bond donors (Lipinski definition) is 0. The molecular weight excluding hydrogens is 374 g/mol. The summed E-state index contributed by atoms with van der Waals surface area (Å²) in [4.78, 5) is 22.6. The van der Waals surface area contributed by atoms with Crippen molar-refractivity contribution in [2.24, 2.45) is 0 Å². The molecule has 0 aliphatic heterocycles. The normalized spacial score (nSPS) is 12.0. The van der Waals surface area contributed by atoms with Crippen LogP contribution in [0.3, 0.4) is 0 Å². The Morgan fingerprint density at radius 2 is 2.29 bits per heavy atom. The summed E-state index contributed by atoms with van der Waals surface area (Å²) in [6, 6.07) is 1.94. The zero-order valence-corrected chi connectivity index (χ0v) is 15.0. The second kappa shape index (κ2) is 7.24. The first-order valence-corrected chi connectivity index (χ1v) is 8.88. The van der Waals surface area contributed by atoms with Crippen molar-refractivity contribution in [1.82, 2.24) is 14.9 Å². The monoisotopic (exact) mass is 387 g/mol. The van der Waals surface area contributed by atoms with E-state index in [1.165, 1.54) is 34.3 Å². The van der Waals surface area contributed by atoms with Gasteiger partial charge in [0.1, 0.15) is 11.4 Å². The van der Waals surface area contributed by atoms with Crippen molar-refractivity contribution < 1.29 is 9.53 Å². The van der Waals surface area contributed by atoms with Gasteiger partial charge in [-0.3, -0.25) is 0 Å². The van der Waals surface area contributed by atoms with Crippen LogP contribution < -0.4 is 0 Å². The minimum atomic E-state index is -0.514. The van der Waals surface area contributed by atoms with Gasteiger partial charge in [0, 0.05) is 35.7 Å². The first-order valence-electron chi connectivity index (χ1n) is 5.98. The van der Waals surface area contributed by atoms with E-state index in [9.17, 15) is 4.79 Å². The Bertz CT molecular complexity index is 633. The fraction of sp³-hybridized carbons (Fsp3) is 0.308. The lowest BCUT2D eigenvalue weighted by atomic mass is 10.1. The SMILES string of the molecule is CSc1ncncc1C(OC(=O)N(C)C)c1cc(Br)cs1. The highest BCUT2D eigenvalue weighted by Crippen LogP contribution is 2.36. The summed E-state index contributed by atoms with van der Waals surface area (Å²) in [5, 5.41) is 2.75. The molecule has 0 saturated heterocycles. The van der Waals surface area contributed by atoms with Crippen molar-refractivity contribution in [3.05, 3.63) is 38.9 Å². The molecule has 2 aromatic heterocycles. The van der Waals surface area contributed by atoms with E-state index in [0.29, 0.717) is 0 Å². The lowest BCUT2D eigenvalue weighted by Crippen LogP contribution is -2.25. The minimum absolute atomic E-state index is 0.402. The van der Waals surface area contributed by atoms with Crippen LogP contribution in [0.4, 0.5) is 4.79 Å². The standard InChI is InChI=1S/C13H14BrN3O2S2/c1-17(2)13(18)19-11(10-4-8(14)6-21-10)9-5-15-7-16-12(9)20-3/h4-7,11H,1-3H3. The molecule has 0 bridgehead atoms. The van der Waals surface area contributed by atoms with Gasteiger partial charge in [-0.1, -0.05) is 0 Å². The summed E-state index contributed by atoms with van der Waals surface area (Å²) >= 11 is 6.44. The summed E-state index contributed by atoms with van der Waals surface area (Å²) in [5.41, 5.74) is 0.787. The van der Waals surface area contributed by atoms with E-state index in [4.69, 9.17) is 4.74 Å². The molecule has 0 radical (unpaired) electrons. The number of hydrogen-bond acceptors (Lipinski definition) is 6. The van der Waals surface area contributed by atoms with Gasteiger partial charge in [0.25, 0.3) is 0 Å². The van der Waals surface area contributed by atoms with Crippen LogP contribution in [0.5, 0.6) is 0 Å². The van der Waals surface area contributed by atoms with Gasteiger partial charge >= 0.3 is 6.09 Å². The van der Waals surface area contributed by atoms with E-state index in [1.54, 1.807) is 20.3 Å². The molecule has 0 N–H and O–H groups in total. The van der Waals surface area contributed by atoms with Gasteiger partial charge < -0.3 is 9.64 Å². The van der Waals surface area contributed by atoms with Crippen LogP contribution in [-0.2, 0) is 4.74 Å². The van der Waals surface area contributed by atoms with Gasteiger partial charge in [-0.2, -0.15) is 0 Å². The Hall–Kier alpha value is -1.12. The largest absolute Gasteiger partial charge is 0.435 e. The van der Waals surface area contributed by atoms with E-state index in [2.05, 4.69) is 25.9 Å². The summed E-state index contributed by atoms with van der Waals surface area (Å²) in [7, 11) is 3.31. The Kier molecular flexibility index (Phi) is 5.60. The van der Waals surface area contributed by atoms with Crippen LogP contribution in [0.25, 0.3) is 0 Å². The summed E-state index contributed by atoms with van der Waals surface area (Å²) in [6.07, 6.45) is 4.20. The topological polar surface area (TPSA) is 55.3 Å². The number of thiophene rings is 1. The van der Waals surface area contributed by atoms with Crippen LogP contribution in [0.1, 0.15) is 16.5 Å². The van der Waals surface area contributed by atoms with Gasteiger partial charge in [0.05, 0.1) is 4.88 Å². The molecule has 2 heterocycles. The molecule has 5 nitrogen and oxygen atoms in total. The van der Waals surface area contributed by atoms with Gasteiger partial charge in [-0.05, 0) is 28.3 Å². The molecule has 2 rings (SSSR count). The summed E-state index contributed by atoms with van der Waals surface area (Å²) in [5.74, 6) is 0. The highest BCUT2D eigenvalue weighted by atomic mass is 79.9. The number of nitrogens with zero attached hydrogens (tertiary/aromatic N) is 3. The summed E-state index contributed by atoms with van der Waals surface area (Å²) < 4.78 is 6.58. The fourth-order valence-corrected chi connectivity index (χ4v) is 3.66. The third-order valence-corrected chi connectivity index (χ3v) is 5.07. The van der Waals surface area contributed by atoms with Crippen LogP contribution in [-0.4, -0.2) is 41.3 Å². The quantitative estimate of drug-likeness (QED) is 0.589. The third kappa shape index (κ3) is 3.96. The van der Waals surface area contributed by atoms with Crippen LogP contribution in [0.15, 0.2) is 33.5 Å². The molecule has 0 aliphatic carbocycles. The first kappa shape index (κ1) is 16.3. The molecule has 8 heteroatoms. The Balaban J connectivity index is 2.42. The minimum Gasteiger partial charge on any atom is -0.435 e. The van der Waals surface area contributed by atoms with E-state index < -0.39 is 12.2 Å². The number of amides is 1. The van der Waals surface area contributed by atoms with E-state index in [-0.39, 0.29) is 0 Å². The van der Waals surface area contributed by atoms with Crippen LogP contribution in [0.2, 0.25) is 0 Å². The van der Waals surface area contributed by atoms with Crippen LogP contribution >= 0.6 is 39.0 Å². The van der Waals surface area contributed by atoms with Crippen molar-refractivity contribution in [2.45, 2.75) is 11.1 Å². The molecule has 0 aromatic carbocycles. The molecule has 1 atom stereocenters. The van der Waals surface area contributed by atoms with E-state index in [1.807, 2.05) is 17.7 Å². The molecule has 0 saturated carbocycles. The fourth-order valence-electron chi connectivity index (χ4n) is 1.63. The molecular formula is C13H14BrN3O2S2. The lowest BCUT2D eigenvalue weighted by molar-refractivity contribution is 0.0909. The Labute approximate surface area is 139 Å².